The summed E-state index contributed by atoms with van der Waals surface area (Å²) < 4.78 is 51.2. The first-order chi connectivity index (χ1) is 7.80. The van der Waals surface area contributed by atoms with Gasteiger partial charge in [0.25, 0.3) is 5.56 Å². The van der Waals surface area contributed by atoms with E-state index in [2.05, 4.69) is 4.98 Å². The zero-order valence-corrected chi connectivity index (χ0v) is 8.94. The summed E-state index contributed by atoms with van der Waals surface area (Å²) in [5.41, 5.74) is -1.08. The number of alkyl halides is 3. The van der Waals surface area contributed by atoms with E-state index in [4.69, 9.17) is 11.6 Å². The van der Waals surface area contributed by atoms with Crippen molar-refractivity contribution in [2.45, 2.75) is 25.2 Å². The van der Waals surface area contributed by atoms with Gasteiger partial charge in [-0.2, -0.15) is 22.5 Å². The molecule has 1 atom stereocenters. The van der Waals surface area contributed by atoms with E-state index in [9.17, 15) is 22.4 Å². The van der Waals surface area contributed by atoms with Crippen LogP contribution >= 0.6 is 11.6 Å². The van der Waals surface area contributed by atoms with Crippen LogP contribution in [0.5, 0.6) is 0 Å². The number of halogens is 5. The molecule has 2 rings (SSSR count). The number of nitrogens with one attached hydrogen (secondary N) is 1. The Kier molecular flexibility index (Phi) is 2.76. The van der Waals surface area contributed by atoms with Crippen molar-refractivity contribution in [3.63, 3.8) is 0 Å². The van der Waals surface area contributed by atoms with Crippen molar-refractivity contribution in [1.82, 2.24) is 9.55 Å². The molecular weight excluding hydrogens is 266 g/mol. The van der Waals surface area contributed by atoms with Crippen LogP contribution in [0.2, 0.25) is 5.15 Å². The van der Waals surface area contributed by atoms with Crippen molar-refractivity contribution >= 4 is 17.5 Å². The van der Waals surface area contributed by atoms with Crippen molar-refractivity contribution in [3.8, 4) is 0 Å². The molecule has 0 aliphatic carbocycles. The van der Waals surface area contributed by atoms with Crippen LogP contribution in [0, 0.1) is 5.82 Å². The van der Waals surface area contributed by atoms with Gasteiger partial charge in [0.1, 0.15) is 6.04 Å². The predicted octanol–water partition coefficient (Wildman–Crippen LogP) is 1.78. The highest BCUT2D eigenvalue weighted by Gasteiger charge is 2.42. The van der Waals surface area contributed by atoms with Crippen molar-refractivity contribution in [2.75, 3.05) is 5.32 Å². The molecule has 2 heterocycles. The smallest absolute Gasteiger partial charge is 0.344 e. The molecule has 1 aromatic heterocycles. The third-order valence-corrected chi connectivity index (χ3v) is 2.66. The fraction of sp³-hybridized carbons (Fsp3) is 0.500. The van der Waals surface area contributed by atoms with Gasteiger partial charge in [-0.15, -0.1) is 0 Å². The second-order valence-corrected chi connectivity index (χ2v) is 3.88. The number of hydrogen-bond acceptors (Lipinski definition) is 3. The van der Waals surface area contributed by atoms with Gasteiger partial charge in [-0.05, 0) is 6.42 Å². The van der Waals surface area contributed by atoms with E-state index in [0.29, 0.717) is 0 Å². The molecule has 0 spiro atoms. The summed E-state index contributed by atoms with van der Waals surface area (Å²) in [6, 6.07) is -1.81. The third kappa shape index (κ3) is 2.08. The molecule has 1 N–H and O–H groups in total. The quantitative estimate of drug-likeness (QED) is 0.578. The minimum atomic E-state index is -4.45. The molecule has 1 aliphatic rings. The van der Waals surface area contributed by atoms with E-state index < -0.39 is 28.7 Å². The van der Waals surface area contributed by atoms with Gasteiger partial charge >= 0.3 is 6.18 Å². The Labute approximate surface area is 97.2 Å². The average molecular weight is 272 g/mol. The van der Waals surface area contributed by atoms with Crippen molar-refractivity contribution in [3.05, 3.63) is 21.3 Å². The molecule has 0 amide bonds. The van der Waals surface area contributed by atoms with Gasteiger partial charge in [0.15, 0.2) is 5.15 Å². The molecule has 94 valence electrons. The van der Waals surface area contributed by atoms with Crippen molar-refractivity contribution < 1.29 is 17.6 Å². The van der Waals surface area contributed by atoms with Crippen molar-refractivity contribution in [1.29, 1.82) is 0 Å². The van der Waals surface area contributed by atoms with Gasteiger partial charge in [0, 0.05) is 6.54 Å². The van der Waals surface area contributed by atoms with Crippen LogP contribution in [0.15, 0.2) is 4.79 Å². The van der Waals surface area contributed by atoms with Crippen LogP contribution in [0.25, 0.3) is 0 Å². The SMILES string of the molecule is O=c1c(F)c(Cl)nc2n1CC[C@@H](C(F)(F)F)N2. The van der Waals surface area contributed by atoms with Crippen LogP contribution in [-0.4, -0.2) is 21.8 Å². The van der Waals surface area contributed by atoms with E-state index in [1.807, 2.05) is 5.32 Å². The lowest BCUT2D eigenvalue weighted by molar-refractivity contribution is -0.145. The normalized spacial score (nSPS) is 19.7. The molecule has 4 nitrogen and oxygen atoms in total. The summed E-state index contributed by atoms with van der Waals surface area (Å²) in [5.74, 6) is -1.63. The molecule has 1 aliphatic heterocycles. The number of anilines is 1. The van der Waals surface area contributed by atoms with Crippen LogP contribution < -0.4 is 10.9 Å². The fourth-order valence-corrected chi connectivity index (χ4v) is 1.72. The maximum Gasteiger partial charge on any atom is 0.408 e. The molecule has 9 heteroatoms. The van der Waals surface area contributed by atoms with Gasteiger partial charge in [-0.25, -0.2) is 0 Å². The third-order valence-electron chi connectivity index (χ3n) is 2.41. The van der Waals surface area contributed by atoms with E-state index >= 15 is 0 Å². The van der Waals surface area contributed by atoms with Crippen LogP contribution in [0.4, 0.5) is 23.5 Å². The number of nitrogens with zero attached hydrogens (tertiary/aromatic N) is 2. The average Bonchev–Trinajstić information content (AvgIpc) is 2.24. The van der Waals surface area contributed by atoms with Crippen LogP contribution in [-0.2, 0) is 6.54 Å². The largest absolute Gasteiger partial charge is 0.408 e. The summed E-state index contributed by atoms with van der Waals surface area (Å²) in [6.45, 7) is -0.258. The van der Waals surface area contributed by atoms with Gasteiger partial charge in [0.2, 0.25) is 11.8 Å². The summed E-state index contributed by atoms with van der Waals surface area (Å²) >= 11 is 5.29. The summed E-state index contributed by atoms with van der Waals surface area (Å²) in [7, 11) is 0. The Morgan fingerprint density at radius 3 is 2.71 bits per heavy atom. The Balaban J connectivity index is 2.44. The monoisotopic (exact) mass is 271 g/mol. The minimum Gasteiger partial charge on any atom is -0.344 e. The topological polar surface area (TPSA) is 46.9 Å². The lowest BCUT2D eigenvalue weighted by Gasteiger charge is -2.28. The second-order valence-electron chi connectivity index (χ2n) is 3.52. The van der Waals surface area contributed by atoms with Gasteiger partial charge < -0.3 is 5.32 Å². The Morgan fingerprint density at radius 1 is 1.47 bits per heavy atom. The minimum absolute atomic E-state index is 0.258. The summed E-state index contributed by atoms with van der Waals surface area (Å²) in [5, 5.41) is 1.28. The van der Waals surface area contributed by atoms with E-state index in [0.717, 1.165) is 4.57 Å². The van der Waals surface area contributed by atoms with Crippen molar-refractivity contribution in [2.24, 2.45) is 0 Å². The molecule has 0 aromatic carbocycles. The standard InChI is InChI=1S/C8H6ClF4N3O/c9-5-4(10)6(17)16-2-1-3(8(11,12)13)14-7(16)15-5/h3H,1-2H2,(H,14,15)/t3-/m0/s1. The molecule has 1 aromatic rings. The highest BCUT2D eigenvalue weighted by atomic mass is 35.5. The first-order valence-corrected chi connectivity index (χ1v) is 4.97. The maximum atomic E-state index is 13.1. The highest BCUT2D eigenvalue weighted by Crippen LogP contribution is 2.28. The molecule has 0 saturated carbocycles. The summed E-state index contributed by atoms with van der Waals surface area (Å²) in [6.07, 6.45) is -4.82. The highest BCUT2D eigenvalue weighted by molar-refractivity contribution is 6.29. The Hall–Kier alpha value is -1.31. The fourth-order valence-electron chi connectivity index (χ4n) is 1.55. The van der Waals surface area contributed by atoms with E-state index in [-0.39, 0.29) is 18.9 Å². The molecule has 17 heavy (non-hydrogen) atoms. The molecule has 0 fully saturated rings. The lowest BCUT2D eigenvalue weighted by atomic mass is 10.1. The molecule has 0 radical (unpaired) electrons. The van der Waals surface area contributed by atoms with Gasteiger partial charge in [-0.1, -0.05) is 11.6 Å². The first kappa shape index (κ1) is 12.2. The van der Waals surface area contributed by atoms with E-state index in [1.54, 1.807) is 0 Å². The number of fused-ring (bicyclic) bond motifs is 1. The number of hydrogen-bond donors (Lipinski definition) is 1. The van der Waals surface area contributed by atoms with Gasteiger partial charge in [-0.3, -0.25) is 9.36 Å². The first-order valence-electron chi connectivity index (χ1n) is 4.60. The molecule has 0 unspecified atom stereocenters. The maximum absolute atomic E-state index is 13.1. The molecule has 0 saturated heterocycles. The van der Waals surface area contributed by atoms with E-state index in [1.165, 1.54) is 0 Å². The molecular formula is C8H6ClF4N3O. The number of rotatable bonds is 0. The van der Waals surface area contributed by atoms with Gasteiger partial charge in [0.05, 0.1) is 0 Å². The Bertz CT molecular complexity index is 513. The second kappa shape index (κ2) is 3.86. The lowest BCUT2D eigenvalue weighted by Crippen LogP contribution is -2.44. The van der Waals surface area contributed by atoms with Crippen LogP contribution in [0.1, 0.15) is 6.42 Å². The zero-order chi connectivity index (χ0) is 12.8. The number of aromatic nitrogens is 2. The predicted molar refractivity (Wildman–Crippen MR) is 51.5 cm³/mol. The Morgan fingerprint density at radius 2 is 2.12 bits per heavy atom. The molecule has 0 bridgehead atoms. The van der Waals surface area contributed by atoms with Crippen LogP contribution in [0.3, 0.4) is 0 Å². The zero-order valence-electron chi connectivity index (χ0n) is 8.18. The summed E-state index contributed by atoms with van der Waals surface area (Å²) in [4.78, 5) is 14.7.